The second kappa shape index (κ2) is 4.28. The summed E-state index contributed by atoms with van der Waals surface area (Å²) in [5.74, 6) is 0.100. The lowest BCUT2D eigenvalue weighted by Crippen LogP contribution is -2.43. The zero-order valence-corrected chi connectivity index (χ0v) is 14.1. The maximum atomic E-state index is 12.6. The number of aryl methyl sites for hydroxylation is 1. The first-order valence-corrected chi connectivity index (χ1v) is 8.71. The summed E-state index contributed by atoms with van der Waals surface area (Å²) in [5, 5.41) is 3.23. The van der Waals surface area contributed by atoms with Crippen LogP contribution in [-0.4, -0.2) is 21.4 Å². The van der Waals surface area contributed by atoms with E-state index in [1.807, 2.05) is 20.0 Å². The average Bonchev–Trinajstić information content (AvgIpc) is 3.13. The van der Waals surface area contributed by atoms with E-state index in [0.717, 1.165) is 65.9 Å². The van der Waals surface area contributed by atoms with Crippen molar-refractivity contribution >= 4 is 5.91 Å². The summed E-state index contributed by atoms with van der Waals surface area (Å²) < 4.78 is 0. The summed E-state index contributed by atoms with van der Waals surface area (Å²) >= 11 is 0. The molecule has 5 nitrogen and oxygen atoms in total. The van der Waals surface area contributed by atoms with Crippen molar-refractivity contribution in [2.24, 2.45) is 5.73 Å². The molecule has 0 aromatic carbocycles. The van der Waals surface area contributed by atoms with Crippen LogP contribution in [-0.2, 0) is 24.8 Å². The molecule has 3 aliphatic rings. The van der Waals surface area contributed by atoms with Crippen LogP contribution in [0, 0.1) is 0 Å². The third-order valence-electron chi connectivity index (χ3n) is 5.72. The normalized spacial score (nSPS) is 20.2. The number of fused-ring (bicyclic) bond motifs is 5. The number of nitrogens with one attached hydrogen (secondary N) is 2. The highest BCUT2D eigenvalue weighted by atomic mass is 16.2. The zero-order valence-electron chi connectivity index (χ0n) is 14.1. The van der Waals surface area contributed by atoms with Gasteiger partial charge in [-0.15, -0.1) is 0 Å². The maximum Gasteiger partial charge on any atom is 0.253 e. The average molecular weight is 322 g/mol. The first-order chi connectivity index (χ1) is 11.4. The Morgan fingerprint density at radius 1 is 1.29 bits per heavy atom. The van der Waals surface area contributed by atoms with Crippen molar-refractivity contribution in [3.8, 4) is 11.3 Å². The number of aromatic amines is 1. The van der Waals surface area contributed by atoms with E-state index >= 15 is 0 Å². The molecule has 0 bridgehead atoms. The van der Waals surface area contributed by atoms with Gasteiger partial charge in [-0.25, -0.2) is 0 Å². The molecular formula is C19H22N4O. The molecule has 4 N–H and O–H groups in total. The molecule has 24 heavy (non-hydrogen) atoms. The van der Waals surface area contributed by atoms with Crippen LogP contribution in [0.15, 0.2) is 12.3 Å². The summed E-state index contributed by atoms with van der Waals surface area (Å²) in [4.78, 5) is 20.8. The van der Waals surface area contributed by atoms with Gasteiger partial charge < -0.3 is 16.0 Å². The summed E-state index contributed by atoms with van der Waals surface area (Å²) in [6, 6.07) is 2.10. The first kappa shape index (κ1) is 14.2. The molecule has 2 aliphatic carbocycles. The summed E-state index contributed by atoms with van der Waals surface area (Å²) in [7, 11) is 0. The standard InChI is InChI=1S/C19H22N4O/c1-18(2,20)14-7-12-10(9-21-14)3-4-11-15-13(22-16(11)12)8-19(5-6-19)23-17(15)24/h7,9,22H,3-6,8,20H2,1-2H3,(H,23,24). The van der Waals surface area contributed by atoms with Crippen LogP contribution in [0.25, 0.3) is 11.3 Å². The van der Waals surface area contributed by atoms with Crippen molar-refractivity contribution < 1.29 is 4.79 Å². The molecule has 0 radical (unpaired) electrons. The number of aromatic nitrogens is 2. The van der Waals surface area contributed by atoms with Gasteiger partial charge in [0.05, 0.1) is 22.5 Å². The highest BCUT2D eigenvalue weighted by Crippen LogP contribution is 2.45. The third-order valence-corrected chi connectivity index (χ3v) is 5.72. The van der Waals surface area contributed by atoms with Crippen LogP contribution in [0.5, 0.6) is 0 Å². The molecular weight excluding hydrogens is 300 g/mol. The first-order valence-electron chi connectivity index (χ1n) is 8.71. The molecule has 2 aromatic rings. The second-order valence-electron chi connectivity index (χ2n) is 8.19. The molecule has 0 saturated heterocycles. The smallest absolute Gasteiger partial charge is 0.253 e. The Morgan fingerprint density at radius 2 is 2.08 bits per heavy atom. The minimum atomic E-state index is -0.478. The van der Waals surface area contributed by atoms with E-state index in [9.17, 15) is 4.79 Å². The Bertz CT molecular complexity index is 884. The summed E-state index contributed by atoms with van der Waals surface area (Å²) in [6.45, 7) is 3.94. The molecule has 0 unspecified atom stereocenters. The number of carbonyl (C=O) groups excluding carboxylic acids is 1. The minimum absolute atomic E-state index is 0.0308. The Balaban J connectivity index is 1.68. The van der Waals surface area contributed by atoms with Gasteiger partial charge in [0.15, 0.2) is 0 Å². The fourth-order valence-corrected chi connectivity index (χ4v) is 4.15. The Kier molecular flexibility index (Phi) is 2.53. The van der Waals surface area contributed by atoms with Gasteiger partial charge in [0, 0.05) is 29.4 Å². The molecule has 1 spiro atoms. The van der Waals surface area contributed by atoms with Gasteiger partial charge in [-0.2, -0.15) is 0 Å². The molecule has 124 valence electrons. The van der Waals surface area contributed by atoms with Crippen LogP contribution in [0.1, 0.15) is 59.6 Å². The molecule has 1 saturated carbocycles. The van der Waals surface area contributed by atoms with Gasteiger partial charge in [-0.3, -0.25) is 9.78 Å². The molecule has 1 fully saturated rings. The van der Waals surface area contributed by atoms with Gasteiger partial charge in [0.2, 0.25) is 0 Å². The molecule has 5 rings (SSSR count). The molecule has 5 heteroatoms. The van der Waals surface area contributed by atoms with Gasteiger partial charge in [-0.1, -0.05) is 0 Å². The van der Waals surface area contributed by atoms with Gasteiger partial charge in [-0.05, 0) is 56.7 Å². The van der Waals surface area contributed by atoms with E-state index in [1.54, 1.807) is 0 Å². The molecule has 0 atom stereocenters. The summed E-state index contributed by atoms with van der Waals surface area (Å²) in [6.07, 6.45) is 6.87. The number of hydrogen-bond acceptors (Lipinski definition) is 3. The van der Waals surface area contributed by atoms with E-state index in [0.29, 0.717) is 0 Å². The van der Waals surface area contributed by atoms with Crippen LogP contribution in [0.2, 0.25) is 0 Å². The highest BCUT2D eigenvalue weighted by Gasteiger charge is 2.49. The van der Waals surface area contributed by atoms with Crippen molar-refractivity contribution in [3.63, 3.8) is 0 Å². The predicted molar refractivity (Wildman–Crippen MR) is 91.8 cm³/mol. The Labute approximate surface area is 141 Å². The fourth-order valence-electron chi connectivity index (χ4n) is 4.15. The second-order valence-corrected chi connectivity index (χ2v) is 8.19. The predicted octanol–water partition coefficient (Wildman–Crippen LogP) is 2.19. The number of pyridine rings is 1. The molecule has 2 aromatic heterocycles. The molecule has 1 aliphatic heterocycles. The fraction of sp³-hybridized carbons (Fsp3) is 0.474. The van der Waals surface area contributed by atoms with Crippen LogP contribution < -0.4 is 11.1 Å². The van der Waals surface area contributed by atoms with Gasteiger partial charge >= 0.3 is 0 Å². The number of nitrogens with zero attached hydrogens (tertiary/aromatic N) is 1. The van der Waals surface area contributed by atoms with Crippen molar-refractivity contribution in [2.45, 2.75) is 57.0 Å². The molecule has 1 amide bonds. The topological polar surface area (TPSA) is 83.8 Å². The van der Waals surface area contributed by atoms with E-state index in [-0.39, 0.29) is 11.4 Å². The summed E-state index contributed by atoms with van der Waals surface area (Å²) in [5.41, 5.74) is 13.3. The minimum Gasteiger partial charge on any atom is -0.357 e. The van der Waals surface area contributed by atoms with Crippen molar-refractivity contribution in [3.05, 3.63) is 40.3 Å². The monoisotopic (exact) mass is 322 g/mol. The lowest BCUT2D eigenvalue weighted by atomic mass is 9.86. The van der Waals surface area contributed by atoms with Crippen LogP contribution in [0.4, 0.5) is 0 Å². The van der Waals surface area contributed by atoms with E-state index in [1.165, 1.54) is 5.56 Å². The Morgan fingerprint density at radius 3 is 2.79 bits per heavy atom. The SMILES string of the molecule is CC(C)(N)c1cc2c(cn1)CCc1c-2[nH]c2c1C(=O)NC1(CC1)C2. The van der Waals surface area contributed by atoms with Crippen molar-refractivity contribution in [2.75, 3.05) is 0 Å². The van der Waals surface area contributed by atoms with E-state index in [2.05, 4.69) is 21.4 Å². The lowest BCUT2D eigenvalue weighted by molar-refractivity contribution is 0.0917. The number of hydrogen-bond donors (Lipinski definition) is 3. The van der Waals surface area contributed by atoms with Gasteiger partial charge in [0.25, 0.3) is 5.91 Å². The van der Waals surface area contributed by atoms with Gasteiger partial charge in [0.1, 0.15) is 0 Å². The molecule has 3 heterocycles. The van der Waals surface area contributed by atoms with Crippen LogP contribution >= 0.6 is 0 Å². The van der Waals surface area contributed by atoms with E-state index < -0.39 is 5.54 Å². The highest BCUT2D eigenvalue weighted by molar-refractivity contribution is 6.01. The van der Waals surface area contributed by atoms with Crippen LogP contribution in [0.3, 0.4) is 0 Å². The lowest BCUT2D eigenvalue weighted by Gasteiger charge is -2.24. The number of carbonyl (C=O) groups is 1. The maximum absolute atomic E-state index is 12.6. The Hall–Kier alpha value is -2.14. The number of nitrogens with two attached hydrogens (primary N) is 1. The largest absolute Gasteiger partial charge is 0.357 e. The van der Waals surface area contributed by atoms with E-state index in [4.69, 9.17) is 5.73 Å². The number of H-pyrrole nitrogens is 1. The third kappa shape index (κ3) is 1.91. The number of rotatable bonds is 1. The van der Waals surface area contributed by atoms with Crippen molar-refractivity contribution in [1.82, 2.24) is 15.3 Å². The number of amides is 1. The quantitative estimate of drug-likeness (QED) is 0.752. The zero-order chi connectivity index (χ0) is 16.7. The van der Waals surface area contributed by atoms with Crippen molar-refractivity contribution in [1.29, 1.82) is 0 Å².